The van der Waals surface area contributed by atoms with Crippen molar-refractivity contribution in [3.8, 4) is 0 Å². The van der Waals surface area contributed by atoms with Crippen molar-refractivity contribution < 1.29 is 4.79 Å². The van der Waals surface area contributed by atoms with Crippen LogP contribution in [0.15, 0.2) is 18.2 Å². The maximum Gasteiger partial charge on any atom is 0.251 e. The van der Waals surface area contributed by atoms with Crippen molar-refractivity contribution in [3.05, 3.63) is 35.2 Å². The van der Waals surface area contributed by atoms with Gasteiger partial charge in [0, 0.05) is 18.7 Å². The maximum atomic E-state index is 12.4. The number of hydrogen-bond donors (Lipinski definition) is 1. The molecule has 1 aromatic carbocycles. The molecule has 1 heterocycles. The molecule has 0 aliphatic carbocycles. The average molecular weight is 314 g/mol. The third-order valence-corrected chi connectivity index (χ3v) is 3.81. The minimum Gasteiger partial charge on any atom is -0.351 e. The van der Waals surface area contributed by atoms with E-state index in [9.17, 15) is 4.79 Å². The van der Waals surface area contributed by atoms with E-state index in [4.69, 9.17) is 0 Å². The first-order valence-electron chi connectivity index (χ1n) is 7.86. The number of aromatic nitrogens is 2. The predicted molar refractivity (Wildman–Crippen MR) is 93.7 cm³/mol. The molecule has 0 aliphatic heterocycles. The summed E-state index contributed by atoms with van der Waals surface area (Å²) in [6, 6.07) is 5.47. The van der Waals surface area contributed by atoms with Crippen LogP contribution in [0.2, 0.25) is 0 Å². The maximum absolute atomic E-state index is 12.4. The Morgan fingerprint density at radius 3 is 2.35 bits per heavy atom. The van der Waals surface area contributed by atoms with Gasteiger partial charge in [-0.1, -0.05) is 13.8 Å². The first kappa shape index (κ1) is 17.3. The van der Waals surface area contributed by atoms with Gasteiger partial charge in [0.1, 0.15) is 0 Å². The molecule has 0 atom stereocenters. The Kier molecular flexibility index (Phi) is 5.00. The van der Waals surface area contributed by atoms with Gasteiger partial charge in [-0.25, -0.2) is 9.97 Å². The summed E-state index contributed by atoms with van der Waals surface area (Å²) < 4.78 is 0. The quantitative estimate of drug-likeness (QED) is 0.921. The zero-order valence-electron chi connectivity index (χ0n) is 14.9. The second-order valence-electron chi connectivity index (χ2n) is 7.18. The van der Waals surface area contributed by atoms with Crippen LogP contribution >= 0.6 is 0 Å². The summed E-state index contributed by atoms with van der Waals surface area (Å²) >= 11 is 0. The fraction of sp³-hybridized carbons (Fsp3) is 0.500. The number of nitrogens with one attached hydrogen (secondary N) is 1. The molecule has 0 bridgehead atoms. The third kappa shape index (κ3) is 4.48. The summed E-state index contributed by atoms with van der Waals surface area (Å²) in [7, 11) is 4.08. The van der Waals surface area contributed by atoms with Crippen LogP contribution in [-0.4, -0.2) is 48.0 Å². The zero-order chi connectivity index (χ0) is 17.2. The monoisotopic (exact) mass is 314 g/mol. The minimum atomic E-state index is -0.0706. The van der Waals surface area contributed by atoms with E-state index in [1.807, 2.05) is 40.1 Å². The number of amides is 1. The second-order valence-corrected chi connectivity index (χ2v) is 7.18. The number of hydrogen-bond acceptors (Lipinski definition) is 4. The highest BCUT2D eigenvalue weighted by Crippen LogP contribution is 2.16. The molecular formula is C18H26N4O. The summed E-state index contributed by atoms with van der Waals surface area (Å²) in [5.41, 5.74) is 4.02. The summed E-state index contributed by atoms with van der Waals surface area (Å²) in [5, 5.41) is 3.02. The van der Waals surface area contributed by atoms with Crippen molar-refractivity contribution >= 4 is 16.9 Å². The molecule has 1 N–H and O–H groups in total. The van der Waals surface area contributed by atoms with E-state index < -0.39 is 0 Å². The summed E-state index contributed by atoms with van der Waals surface area (Å²) in [6.45, 7) is 9.69. The van der Waals surface area contributed by atoms with Gasteiger partial charge in [0.05, 0.1) is 22.4 Å². The van der Waals surface area contributed by atoms with Crippen LogP contribution in [0.5, 0.6) is 0 Å². The molecule has 1 aromatic heterocycles. The van der Waals surface area contributed by atoms with E-state index in [1.165, 1.54) is 0 Å². The molecule has 0 spiro atoms. The first-order valence-corrected chi connectivity index (χ1v) is 7.86. The molecule has 5 heteroatoms. The molecule has 0 saturated carbocycles. The zero-order valence-corrected chi connectivity index (χ0v) is 14.9. The van der Waals surface area contributed by atoms with E-state index in [0.29, 0.717) is 12.1 Å². The van der Waals surface area contributed by atoms with Gasteiger partial charge < -0.3 is 10.2 Å². The summed E-state index contributed by atoms with van der Waals surface area (Å²) in [5.74, 6) is -0.0706. The Labute approximate surface area is 138 Å². The summed E-state index contributed by atoms with van der Waals surface area (Å²) in [4.78, 5) is 23.5. The molecule has 2 rings (SSSR count). The van der Waals surface area contributed by atoms with Gasteiger partial charge in [-0.3, -0.25) is 4.79 Å². The molecular weight excluding hydrogens is 288 g/mol. The predicted octanol–water partition coefficient (Wildman–Crippen LogP) is 2.56. The lowest BCUT2D eigenvalue weighted by atomic mass is 9.93. The van der Waals surface area contributed by atoms with E-state index in [1.54, 1.807) is 6.07 Å². The summed E-state index contributed by atoms with van der Waals surface area (Å²) in [6.07, 6.45) is 0. The lowest BCUT2D eigenvalue weighted by Gasteiger charge is -2.28. The SMILES string of the molecule is Cc1nc2ccc(C(=O)NCC(C)(C)CN(C)C)cc2nc1C. The van der Waals surface area contributed by atoms with Crippen LogP contribution in [0.4, 0.5) is 0 Å². The van der Waals surface area contributed by atoms with Crippen molar-refractivity contribution in [2.75, 3.05) is 27.2 Å². The third-order valence-electron chi connectivity index (χ3n) is 3.81. The van der Waals surface area contributed by atoms with E-state index in [0.717, 1.165) is 29.0 Å². The molecule has 0 saturated heterocycles. The average Bonchev–Trinajstić information content (AvgIpc) is 2.44. The van der Waals surface area contributed by atoms with Crippen molar-refractivity contribution in [2.45, 2.75) is 27.7 Å². The van der Waals surface area contributed by atoms with Gasteiger partial charge in [0.25, 0.3) is 5.91 Å². The van der Waals surface area contributed by atoms with Gasteiger partial charge >= 0.3 is 0 Å². The first-order chi connectivity index (χ1) is 10.7. The van der Waals surface area contributed by atoms with Crippen LogP contribution in [0.25, 0.3) is 11.0 Å². The number of fused-ring (bicyclic) bond motifs is 1. The van der Waals surface area contributed by atoms with Crippen LogP contribution in [0.3, 0.4) is 0 Å². The topological polar surface area (TPSA) is 58.1 Å². The van der Waals surface area contributed by atoms with Crippen LogP contribution in [0, 0.1) is 19.3 Å². The molecule has 0 radical (unpaired) electrons. The number of aryl methyl sites for hydroxylation is 2. The normalized spacial score (nSPS) is 12.0. The Morgan fingerprint density at radius 2 is 1.74 bits per heavy atom. The number of carbonyl (C=O) groups is 1. The highest BCUT2D eigenvalue weighted by molar-refractivity contribution is 5.97. The minimum absolute atomic E-state index is 0.0174. The number of nitrogens with zero attached hydrogens (tertiary/aromatic N) is 3. The molecule has 0 unspecified atom stereocenters. The fourth-order valence-electron chi connectivity index (χ4n) is 2.71. The van der Waals surface area contributed by atoms with Gasteiger partial charge in [0.15, 0.2) is 0 Å². The molecule has 124 valence electrons. The Balaban J connectivity index is 2.13. The van der Waals surface area contributed by atoms with Crippen molar-refractivity contribution in [2.24, 2.45) is 5.41 Å². The Hall–Kier alpha value is -2.01. The highest BCUT2D eigenvalue weighted by atomic mass is 16.1. The lowest BCUT2D eigenvalue weighted by Crippen LogP contribution is -2.39. The molecule has 0 fully saturated rings. The highest BCUT2D eigenvalue weighted by Gasteiger charge is 2.20. The number of benzene rings is 1. The van der Waals surface area contributed by atoms with E-state index in [2.05, 4.69) is 34.0 Å². The van der Waals surface area contributed by atoms with Gasteiger partial charge in [-0.15, -0.1) is 0 Å². The molecule has 0 aliphatic rings. The molecule has 23 heavy (non-hydrogen) atoms. The van der Waals surface area contributed by atoms with E-state index in [-0.39, 0.29) is 11.3 Å². The lowest BCUT2D eigenvalue weighted by molar-refractivity contribution is 0.0929. The molecule has 5 nitrogen and oxygen atoms in total. The van der Waals surface area contributed by atoms with Crippen molar-refractivity contribution in [3.63, 3.8) is 0 Å². The fourth-order valence-corrected chi connectivity index (χ4v) is 2.71. The van der Waals surface area contributed by atoms with Crippen molar-refractivity contribution in [1.82, 2.24) is 20.2 Å². The Morgan fingerprint density at radius 1 is 1.13 bits per heavy atom. The Bertz CT molecular complexity index is 722. The largest absolute Gasteiger partial charge is 0.351 e. The standard InChI is InChI=1S/C18H26N4O/c1-12-13(2)21-16-9-14(7-8-15(16)20-12)17(23)19-10-18(3,4)11-22(5)6/h7-9H,10-11H2,1-6H3,(H,19,23). The van der Waals surface area contributed by atoms with Crippen molar-refractivity contribution in [1.29, 1.82) is 0 Å². The smallest absolute Gasteiger partial charge is 0.251 e. The van der Waals surface area contributed by atoms with Gasteiger partial charge in [-0.05, 0) is 51.6 Å². The van der Waals surface area contributed by atoms with Crippen LogP contribution < -0.4 is 5.32 Å². The number of carbonyl (C=O) groups excluding carboxylic acids is 1. The molecule has 1 amide bonds. The number of rotatable bonds is 5. The van der Waals surface area contributed by atoms with Gasteiger partial charge in [0.2, 0.25) is 0 Å². The van der Waals surface area contributed by atoms with Crippen LogP contribution in [0.1, 0.15) is 35.6 Å². The molecule has 2 aromatic rings. The second kappa shape index (κ2) is 6.62. The van der Waals surface area contributed by atoms with Gasteiger partial charge in [-0.2, -0.15) is 0 Å². The van der Waals surface area contributed by atoms with E-state index >= 15 is 0 Å². The van der Waals surface area contributed by atoms with Crippen LogP contribution in [-0.2, 0) is 0 Å².